The molecule has 12 rings (SSSR count). The number of imidazole rings is 1. The molecule has 0 saturated heterocycles. The number of pyridine rings is 1. The van der Waals surface area contributed by atoms with Gasteiger partial charge >= 0.3 is 0 Å². The maximum Gasteiger partial charge on any atom is 0.156 e. The minimum atomic E-state index is 1.01. The monoisotopic (exact) mass is 702 g/mol. The van der Waals surface area contributed by atoms with Crippen molar-refractivity contribution in [2.45, 2.75) is 0 Å². The molecule has 0 radical (unpaired) electrons. The summed E-state index contributed by atoms with van der Waals surface area (Å²) in [7, 11) is 0. The summed E-state index contributed by atoms with van der Waals surface area (Å²) in [6, 6.07) is 66.8. The Hall–Kier alpha value is -6.81. The zero-order valence-electron chi connectivity index (χ0n) is 29.1. The van der Waals surface area contributed by atoms with E-state index in [1.54, 1.807) is 0 Å². The van der Waals surface area contributed by atoms with Crippen LogP contribution in [0.15, 0.2) is 182 Å². The van der Waals surface area contributed by atoms with Crippen molar-refractivity contribution in [2.75, 3.05) is 0 Å². The maximum atomic E-state index is 5.32. The van der Waals surface area contributed by atoms with Gasteiger partial charge in [-0.3, -0.25) is 4.40 Å². The zero-order chi connectivity index (χ0) is 35.3. The standard InChI is InChI=1S/C51H30N2S/c1-2-12-34-29-48-46(28-33(34)11-1)52-51-50-45(43-19-9-10-20-49(43)54-50)30-47(53(48)51)32-23-21-31(22-24-32)37-25-26-42(40-17-7-5-16-39(37)40)44-27-35-13-3-4-14-36(35)38-15-6-8-18-41(38)44/h1-30H. The van der Waals surface area contributed by atoms with Crippen LogP contribution in [0, 0.1) is 0 Å². The van der Waals surface area contributed by atoms with Crippen molar-refractivity contribution in [1.82, 2.24) is 9.38 Å². The van der Waals surface area contributed by atoms with E-state index in [1.807, 2.05) is 11.3 Å². The molecule has 0 N–H and O–H groups in total. The molecular weight excluding hydrogens is 673 g/mol. The van der Waals surface area contributed by atoms with E-state index in [2.05, 4.69) is 186 Å². The first kappa shape index (κ1) is 29.7. The van der Waals surface area contributed by atoms with Crippen molar-refractivity contribution in [1.29, 1.82) is 0 Å². The quantitative estimate of drug-likeness (QED) is 0.168. The summed E-state index contributed by atoms with van der Waals surface area (Å²) in [5.41, 5.74) is 10.4. The summed E-state index contributed by atoms with van der Waals surface area (Å²) in [5, 5.41) is 12.6. The number of rotatable bonds is 3. The van der Waals surface area contributed by atoms with Gasteiger partial charge in [0.05, 0.1) is 21.4 Å². The Kier molecular flexibility index (Phi) is 6.25. The van der Waals surface area contributed by atoms with Crippen LogP contribution in [0.25, 0.3) is 113 Å². The number of aromatic nitrogens is 2. The summed E-state index contributed by atoms with van der Waals surface area (Å²) in [4.78, 5) is 5.32. The van der Waals surface area contributed by atoms with E-state index in [4.69, 9.17) is 4.98 Å². The van der Waals surface area contributed by atoms with Crippen molar-refractivity contribution in [3.05, 3.63) is 182 Å². The molecule has 0 aliphatic carbocycles. The van der Waals surface area contributed by atoms with Crippen LogP contribution in [0.5, 0.6) is 0 Å². The summed E-state index contributed by atoms with van der Waals surface area (Å²) in [6.45, 7) is 0. The number of hydrogen-bond donors (Lipinski definition) is 0. The molecule has 0 aliphatic rings. The lowest BCUT2D eigenvalue weighted by atomic mass is 9.88. The van der Waals surface area contributed by atoms with Crippen molar-refractivity contribution in [3.63, 3.8) is 0 Å². The Balaban J connectivity index is 1.05. The molecule has 0 saturated carbocycles. The van der Waals surface area contributed by atoms with E-state index in [9.17, 15) is 0 Å². The molecule has 0 amide bonds. The molecule has 54 heavy (non-hydrogen) atoms. The lowest BCUT2D eigenvalue weighted by Crippen LogP contribution is -1.93. The third-order valence-corrected chi connectivity index (χ3v) is 12.5. The van der Waals surface area contributed by atoms with Gasteiger partial charge in [0.15, 0.2) is 5.65 Å². The van der Waals surface area contributed by atoms with Crippen LogP contribution in [0.2, 0.25) is 0 Å². The molecule has 0 atom stereocenters. The summed E-state index contributed by atoms with van der Waals surface area (Å²) >= 11 is 1.83. The largest absolute Gasteiger partial charge is 0.291 e. The van der Waals surface area contributed by atoms with Gasteiger partial charge in [-0.05, 0) is 101 Å². The first-order valence-corrected chi connectivity index (χ1v) is 19.3. The third kappa shape index (κ3) is 4.30. The second-order valence-electron chi connectivity index (χ2n) is 14.3. The number of thiophene rings is 1. The van der Waals surface area contributed by atoms with Crippen LogP contribution < -0.4 is 0 Å². The molecule has 0 spiro atoms. The fraction of sp³-hybridized carbons (Fsp3) is 0. The third-order valence-electron chi connectivity index (χ3n) is 11.4. The number of hydrogen-bond acceptors (Lipinski definition) is 2. The Morgan fingerprint density at radius 3 is 1.74 bits per heavy atom. The first-order chi connectivity index (χ1) is 26.8. The summed E-state index contributed by atoms with van der Waals surface area (Å²) in [5.74, 6) is 0. The fourth-order valence-electron chi connectivity index (χ4n) is 8.83. The molecule has 12 aromatic rings. The minimum absolute atomic E-state index is 1.01. The lowest BCUT2D eigenvalue weighted by Gasteiger charge is -2.16. The van der Waals surface area contributed by atoms with Gasteiger partial charge in [-0.2, -0.15) is 0 Å². The molecule has 3 heterocycles. The molecule has 3 heteroatoms. The van der Waals surface area contributed by atoms with Gasteiger partial charge in [0, 0.05) is 15.5 Å². The van der Waals surface area contributed by atoms with Crippen LogP contribution in [0.4, 0.5) is 0 Å². The van der Waals surface area contributed by atoms with Crippen molar-refractivity contribution < 1.29 is 0 Å². The van der Waals surface area contributed by atoms with E-state index in [0.29, 0.717) is 0 Å². The highest BCUT2D eigenvalue weighted by Crippen LogP contribution is 2.43. The summed E-state index contributed by atoms with van der Waals surface area (Å²) in [6.07, 6.45) is 0. The van der Waals surface area contributed by atoms with Gasteiger partial charge in [0.2, 0.25) is 0 Å². The molecule has 9 aromatic carbocycles. The van der Waals surface area contributed by atoms with Gasteiger partial charge in [0.25, 0.3) is 0 Å². The van der Waals surface area contributed by atoms with Gasteiger partial charge < -0.3 is 0 Å². The van der Waals surface area contributed by atoms with Crippen molar-refractivity contribution >= 4 is 91.3 Å². The highest BCUT2D eigenvalue weighted by Gasteiger charge is 2.19. The predicted octanol–water partition coefficient (Wildman–Crippen LogP) is 14.5. The minimum Gasteiger partial charge on any atom is -0.291 e. The maximum absolute atomic E-state index is 5.32. The van der Waals surface area contributed by atoms with Gasteiger partial charge in [-0.15, -0.1) is 11.3 Å². The van der Waals surface area contributed by atoms with Gasteiger partial charge in [-0.1, -0.05) is 152 Å². The molecule has 2 nitrogen and oxygen atoms in total. The second kappa shape index (κ2) is 11.3. The van der Waals surface area contributed by atoms with Crippen LogP contribution in [0.1, 0.15) is 0 Å². The average Bonchev–Trinajstić information content (AvgIpc) is 3.80. The fourth-order valence-corrected chi connectivity index (χ4v) is 9.99. The van der Waals surface area contributed by atoms with E-state index < -0.39 is 0 Å². The second-order valence-corrected chi connectivity index (χ2v) is 15.4. The van der Waals surface area contributed by atoms with Crippen LogP contribution in [-0.4, -0.2) is 9.38 Å². The smallest absolute Gasteiger partial charge is 0.156 e. The molecule has 0 fully saturated rings. The zero-order valence-corrected chi connectivity index (χ0v) is 29.9. The molecule has 0 unspecified atom stereocenters. The average molecular weight is 703 g/mol. The molecule has 0 aliphatic heterocycles. The molecule has 0 bridgehead atoms. The highest BCUT2D eigenvalue weighted by atomic mass is 32.1. The van der Waals surface area contributed by atoms with Crippen LogP contribution in [0.3, 0.4) is 0 Å². The van der Waals surface area contributed by atoms with E-state index >= 15 is 0 Å². The van der Waals surface area contributed by atoms with Crippen LogP contribution >= 0.6 is 11.3 Å². The normalized spacial score (nSPS) is 12.1. The number of nitrogens with zero attached hydrogens (tertiary/aromatic N) is 2. The first-order valence-electron chi connectivity index (χ1n) is 18.5. The predicted molar refractivity (Wildman–Crippen MR) is 232 cm³/mol. The van der Waals surface area contributed by atoms with E-state index in [-0.39, 0.29) is 0 Å². The van der Waals surface area contributed by atoms with Crippen molar-refractivity contribution in [3.8, 4) is 33.5 Å². The number of benzene rings is 9. The van der Waals surface area contributed by atoms with Crippen LogP contribution in [-0.2, 0) is 0 Å². The number of fused-ring (bicyclic) bond motifs is 12. The van der Waals surface area contributed by atoms with Gasteiger partial charge in [-0.25, -0.2) is 4.98 Å². The Morgan fingerprint density at radius 1 is 0.389 bits per heavy atom. The van der Waals surface area contributed by atoms with Gasteiger partial charge in [0.1, 0.15) is 0 Å². The van der Waals surface area contributed by atoms with E-state index in [1.165, 1.54) is 85.5 Å². The SMILES string of the molecule is c1ccc2cc3c(cc2c1)nc1c2sc4ccccc4c2cc(-c2ccc(-c4ccc(-c5cc6ccccc6c6ccccc56)c5ccccc45)cc2)n31. The lowest BCUT2D eigenvalue weighted by molar-refractivity contribution is 1.25. The Morgan fingerprint density at radius 2 is 0.963 bits per heavy atom. The highest BCUT2D eigenvalue weighted by molar-refractivity contribution is 7.26. The molecular formula is C51H30N2S. The summed E-state index contributed by atoms with van der Waals surface area (Å²) < 4.78 is 4.89. The van der Waals surface area contributed by atoms with E-state index in [0.717, 1.165) is 27.9 Å². The topological polar surface area (TPSA) is 17.3 Å². The molecule has 250 valence electrons. The Labute approximate surface area is 314 Å². The van der Waals surface area contributed by atoms with Crippen molar-refractivity contribution in [2.24, 2.45) is 0 Å². The Bertz CT molecular complexity index is 3490. The molecule has 3 aromatic heterocycles.